The molecule has 0 spiro atoms. The van der Waals surface area contributed by atoms with Crippen molar-refractivity contribution in [2.75, 3.05) is 23.4 Å². The van der Waals surface area contributed by atoms with Crippen LogP contribution >= 0.6 is 15.9 Å². The molecule has 1 unspecified atom stereocenters. The molecule has 0 aliphatic carbocycles. The number of alkyl halides is 1. The molecule has 1 saturated heterocycles. The van der Waals surface area contributed by atoms with Crippen molar-refractivity contribution in [3.63, 3.8) is 0 Å². The van der Waals surface area contributed by atoms with Gasteiger partial charge in [0.1, 0.15) is 12.4 Å². The standard InChI is InChI=1S/C14H16BrNO2/c1-2-6-18-13-5-3-4-12(8-13)16-10-11(9-15)7-14(16)17/h2-5,8,11H,1,6-7,9-10H2. The van der Waals surface area contributed by atoms with Gasteiger partial charge < -0.3 is 9.64 Å². The van der Waals surface area contributed by atoms with E-state index in [1.807, 2.05) is 29.2 Å². The molecular formula is C14H16BrNO2. The van der Waals surface area contributed by atoms with Crippen LogP contribution in [0, 0.1) is 5.92 Å². The number of benzene rings is 1. The summed E-state index contributed by atoms with van der Waals surface area (Å²) in [7, 11) is 0. The van der Waals surface area contributed by atoms with Crippen molar-refractivity contribution in [2.45, 2.75) is 6.42 Å². The molecule has 18 heavy (non-hydrogen) atoms. The number of amides is 1. The third-order valence-electron chi connectivity index (χ3n) is 2.92. The van der Waals surface area contributed by atoms with E-state index in [0.717, 1.165) is 23.3 Å². The van der Waals surface area contributed by atoms with Crippen molar-refractivity contribution in [3.05, 3.63) is 36.9 Å². The highest BCUT2D eigenvalue weighted by Crippen LogP contribution is 2.28. The topological polar surface area (TPSA) is 29.5 Å². The van der Waals surface area contributed by atoms with E-state index in [2.05, 4.69) is 22.5 Å². The highest BCUT2D eigenvalue weighted by Gasteiger charge is 2.29. The van der Waals surface area contributed by atoms with Crippen molar-refractivity contribution in [3.8, 4) is 5.75 Å². The highest BCUT2D eigenvalue weighted by molar-refractivity contribution is 9.09. The summed E-state index contributed by atoms with van der Waals surface area (Å²) in [5, 5.41) is 0.863. The van der Waals surface area contributed by atoms with E-state index in [0.29, 0.717) is 18.9 Å². The van der Waals surface area contributed by atoms with Gasteiger partial charge in [-0.25, -0.2) is 0 Å². The zero-order chi connectivity index (χ0) is 13.0. The lowest BCUT2D eigenvalue weighted by molar-refractivity contribution is -0.117. The van der Waals surface area contributed by atoms with Gasteiger partial charge >= 0.3 is 0 Å². The van der Waals surface area contributed by atoms with E-state index < -0.39 is 0 Å². The Bertz CT molecular complexity index is 447. The summed E-state index contributed by atoms with van der Waals surface area (Å²) in [4.78, 5) is 13.7. The van der Waals surface area contributed by atoms with Crippen LogP contribution in [0.2, 0.25) is 0 Å². The van der Waals surface area contributed by atoms with Crippen LogP contribution < -0.4 is 9.64 Å². The van der Waals surface area contributed by atoms with E-state index in [4.69, 9.17) is 4.74 Å². The molecule has 0 aromatic heterocycles. The average molecular weight is 310 g/mol. The normalized spacial score (nSPS) is 19.1. The second-order valence-corrected chi connectivity index (χ2v) is 4.97. The van der Waals surface area contributed by atoms with Crippen molar-refractivity contribution < 1.29 is 9.53 Å². The molecule has 1 aliphatic heterocycles. The number of carbonyl (C=O) groups is 1. The molecule has 96 valence electrons. The van der Waals surface area contributed by atoms with Crippen LogP contribution in [-0.2, 0) is 4.79 Å². The summed E-state index contributed by atoms with van der Waals surface area (Å²) in [5.41, 5.74) is 0.907. The Hall–Kier alpha value is -1.29. The van der Waals surface area contributed by atoms with Crippen molar-refractivity contribution in [1.29, 1.82) is 0 Å². The summed E-state index contributed by atoms with van der Waals surface area (Å²) in [6, 6.07) is 7.63. The van der Waals surface area contributed by atoms with E-state index in [-0.39, 0.29) is 5.91 Å². The predicted molar refractivity (Wildman–Crippen MR) is 76.4 cm³/mol. The van der Waals surface area contributed by atoms with Crippen LogP contribution in [0.1, 0.15) is 6.42 Å². The maximum absolute atomic E-state index is 11.9. The molecule has 3 nitrogen and oxygen atoms in total. The number of carbonyl (C=O) groups excluding carboxylic acids is 1. The fourth-order valence-corrected chi connectivity index (χ4v) is 2.46. The fourth-order valence-electron chi connectivity index (χ4n) is 2.03. The molecule has 0 N–H and O–H groups in total. The van der Waals surface area contributed by atoms with Gasteiger partial charge in [-0.15, -0.1) is 0 Å². The van der Waals surface area contributed by atoms with Gasteiger partial charge in [-0.1, -0.05) is 34.7 Å². The minimum Gasteiger partial charge on any atom is -0.489 e. The zero-order valence-electron chi connectivity index (χ0n) is 10.1. The molecule has 0 radical (unpaired) electrons. The Morgan fingerprint density at radius 3 is 3.06 bits per heavy atom. The van der Waals surface area contributed by atoms with Crippen molar-refractivity contribution in [2.24, 2.45) is 5.92 Å². The molecule has 0 bridgehead atoms. The second-order valence-electron chi connectivity index (χ2n) is 4.33. The Labute approximate surface area is 116 Å². The van der Waals surface area contributed by atoms with E-state index >= 15 is 0 Å². The monoisotopic (exact) mass is 309 g/mol. The van der Waals surface area contributed by atoms with Gasteiger partial charge in [0.2, 0.25) is 5.91 Å². The van der Waals surface area contributed by atoms with E-state index in [1.165, 1.54) is 0 Å². The van der Waals surface area contributed by atoms with Crippen molar-refractivity contribution >= 4 is 27.5 Å². The van der Waals surface area contributed by atoms with Crippen LogP contribution in [0.5, 0.6) is 5.75 Å². The van der Waals surface area contributed by atoms with Crippen LogP contribution in [-0.4, -0.2) is 24.4 Å². The predicted octanol–water partition coefficient (Wildman–Crippen LogP) is 3.00. The van der Waals surface area contributed by atoms with Gasteiger partial charge in [0.25, 0.3) is 0 Å². The van der Waals surface area contributed by atoms with Gasteiger partial charge in [0.15, 0.2) is 0 Å². The maximum atomic E-state index is 11.9. The summed E-state index contributed by atoms with van der Waals surface area (Å²) >= 11 is 3.44. The summed E-state index contributed by atoms with van der Waals surface area (Å²) in [6.45, 7) is 4.86. The number of halogens is 1. The number of rotatable bonds is 5. The second kappa shape index (κ2) is 6.05. The number of ether oxygens (including phenoxy) is 1. The third-order valence-corrected chi connectivity index (χ3v) is 3.84. The summed E-state index contributed by atoms with van der Waals surface area (Å²) in [6.07, 6.45) is 2.32. The molecule has 0 saturated carbocycles. The van der Waals surface area contributed by atoms with Gasteiger partial charge in [0.05, 0.1) is 0 Å². The molecule has 1 amide bonds. The van der Waals surface area contributed by atoms with Gasteiger partial charge in [-0.3, -0.25) is 4.79 Å². The Morgan fingerprint density at radius 2 is 2.39 bits per heavy atom. The molecule has 1 atom stereocenters. The lowest BCUT2D eigenvalue weighted by Crippen LogP contribution is -2.24. The molecule has 2 rings (SSSR count). The van der Waals surface area contributed by atoms with Crippen LogP contribution in [0.3, 0.4) is 0 Å². The smallest absolute Gasteiger partial charge is 0.227 e. The first-order valence-corrected chi connectivity index (χ1v) is 7.07. The van der Waals surface area contributed by atoms with Gasteiger partial charge in [-0.05, 0) is 18.1 Å². The number of nitrogens with zero attached hydrogens (tertiary/aromatic N) is 1. The average Bonchev–Trinajstić information content (AvgIpc) is 2.78. The molecule has 1 fully saturated rings. The van der Waals surface area contributed by atoms with E-state index in [9.17, 15) is 4.79 Å². The zero-order valence-corrected chi connectivity index (χ0v) is 11.7. The van der Waals surface area contributed by atoms with Crippen LogP contribution in [0.15, 0.2) is 36.9 Å². The molecule has 1 heterocycles. The lowest BCUT2D eigenvalue weighted by atomic mass is 10.2. The largest absolute Gasteiger partial charge is 0.489 e. The first-order valence-electron chi connectivity index (χ1n) is 5.94. The van der Waals surface area contributed by atoms with E-state index in [1.54, 1.807) is 6.08 Å². The Balaban J connectivity index is 2.13. The Morgan fingerprint density at radius 1 is 1.56 bits per heavy atom. The number of hydrogen-bond donors (Lipinski definition) is 0. The number of hydrogen-bond acceptors (Lipinski definition) is 2. The third kappa shape index (κ3) is 2.93. The first-order chi connectivity index (χ1) is 8.74. The van der Waals surface area contributed by atoms with Crippen LogP contribution in [0.25, 0.3) is 0 Å². The molecule has 1 aromatic rings. The maximum Gasteiger partial charge on any atom is 0.227 e. The summed E-state index contributed by atoms with van der Waals surface area (Å²) in [5.74, 6) is 1.35. The number of anilines is 1. The Kier molecular flexibility index (Phi) is 4.42. The minimum absolute atomic E-state index is 0.181. The molecule has 1 aliphatic rings. The van der Waals surface area contributed by atoms with Crippen molar-refractivity contribution in [1.82, 2.24) is 0 Å². The SMILES string of the molecule is C=CCOc1cccc(N2CC(CBr)CC2=O)c1. The molecule has 1 aromatic carbocycles. The van der Waals surface area contributed by atoms with Crippen LogP contribution in [0.4, 0.5) is 5.69 Å². The lowest BCUT2D eigenvalue weighted by Gasteiger charge is -2.17. The highest BCUT2D eigenvalue weighted by atomic mass is 79.9. The van der Waals surface area contributed by atoms with Gasteiger partial charge in [-0.2, -0.15) is 0 Å². The summed E-state index contributed by atoms with van der Waals surface area (Å²) < 4.78 is 5.48. The quantitative estimate of drug-likeness (QED) is 0.618. The van der Waals surface area contributed by atoms with Gasteiger partial charge in [0, 0.05) is 30.0 Å². The minimum atomic E-state index is 0.181. The molecular weight excluding hydrogens is 294 g/mol. The fraction of sp³-hybridized carbons (Fsp3) is 0.357. The first kappa shape index (κ1) is 13.1. The molecule has 4 heteroatoms.